The number of carbonyl (C=O) groups excluding carboxylic acids is 1. The van der Waals surface area contributed by atoms with Crippen LogP contribution in [0.2, 0.25) is 0 Å². The van der Waals surface area contributed by atoms with Crippen molar-refractivity contribution in [2.24, 2.45) is 0 Å². The zero-order valence-corrected chi connectivity index (χ0v) is 13.1. The van der Waals surface area contributed by atoms with Crippen LogP contribution in [0.3, 0.4) is 0 Å². The maximum Gasteiger partial charge on any atom is 0.293 e. The molecule has 0 saturated heterocycles. The Kier molecular flexibility index (Phi) is 4.73. The number of nitrogens with one attached hydrogen (secondary N) is 1. The van der Waals surface area contributed by atoms with Crippen molar-refractivity contribution in [3.8, 4) is 0 Å². The summed E-state index contributed by atoms with van der Waals surface area (Å²) in [5.74, 6) is 1.30. The molecule has 0 saturated carbocycles. The smallest absolute Gasteiger partial charge is 0.293 e. The standard InChI is InChI=1S/C16H22N4O/c1-5-14-17-15(19-18-14)16(21)20(4)10-12-6-8-13(9-7-12)11(2)3/h6-9,11H,5,10H2,1-4H3,(H,17,18,19). The first-order valence-electron chi connectivity index (χ1n) is 7.26. The van der Waals surface area contributed by atoms with Crippen LogP contribution in [0.15, 0.2) is 24.3 Å². The van der Waals surface area contributed by atoms with Gasteiger partial charge >= 0.3 is 0 Å². The summed E-state index contributed by atoms with van der Waals surface area (Å²) >= 11 is 0. The number of H-pyrrole nitrogens is 1. The third-order valence-corrected chi connectivity index (χ3v) is 3.47. The van der Waals surface area contributed by atoms with Gasteiger partial charge in [-0.1, -0.05) is 45.0 Å². The predicted molar refractivity (Wildman–Crippen MR) is 82.1 cm³/mol. The zero-order valence-electron chi connectivity index (χ0n) is 13.1. The van der Waals surface area contributed by atoms with E-state index in [2.05, 4.69) is 53.3 Å². The van der Waals surface area contributed by atoms with Gasteiger partial charge in [-0.05, 0) is 17.0 Å². The summed E-state index contributed by atoms with van der Waals surface area (Å²) < 4.78 is 0. The van der Waals surface area contributed by atoms with Crippen molar-refractivity contribution in [2.75, 3.05) is 7.05 Å². The van der Waals surface area contributed by atoms with Crippen molar-refractivity contribution < 1.29 is 4.79 Å². The van der Waals surface area contributed by atoms with Crippen LogP contribution in [-0.4, -0.2) is 33.0 Å². The van der Waals surface area contributed by atoms with Crippen LogP contribution in [0.25, 0.3) is 0 Å². The van der Waals surface area contributed by atoms with Gasteiger partial charge in [0.2, 0.25) is 5.82 Å². The lowest BCUT2D eigenvalue weighted by molar-refractivity contribution is 0.0773. The Morgan fingerprint density at radius 1 is 1.29 bits per heavy atom. The molecule has 0 fully saturated rings. The van der Waals surface area contributed by atoms with Crippen molar-refractivity contribution in [1.29, 1.82) is 0 Å². The molecular weight excluding hydrogens is 264 g/mol. The molecule has 0 atom stereocenters. The number of benzene rings is 1. The van der Waals surface area contributed by atoms with Crippen molar-refractivity contribution >= 4 is 5.91 Å². The number of carbonyl (C=O) groups is 1. The van der Waals surface area contributed by atoms with E-state index in [1.807, 2.05) is 6.92 Å². The highest BCUT2D eigenvalue weighted by Gasteiger charge is 2.17. The molecule has 0 aliphatic rings. The number of aromatic amines is 1. The topological polar surface area (TPSA) is 61.9 Å². The third-order valence-electron chi connectivity index (χ3n) is 3.47. The Balaban J connectivity index is 2.03. The fraction of sp³-hybridized carbons (Fsp3) is 0.438. The number of aryl methyl sites for hydroxylation is 1. The second-order valence-electron chi connectivity index (χ2n) is 5.52. The Hall–Kier alpha value is -2.17. The van der Waals surface area contributed by atoms with E-state index in [1.165, 1.54) is 5.56 Å². The largest absolute Gasteiger partial charge is 0.335 e. The minimum absolute atomic E-state index is 0.168. The van der Waals surface area contributed by atoms with Gasteiger partial charge in [0.15, 0.2) is 0 Å². The average Bonchev–Trinajstić information content (AvgIpc) is 2.95. The first kappa shape index (κ1) is 15.2. The van der Waals surface area contributed by atoms with E-state index in [0.29, 0.717) is 12.5 Å². The number of rotatable bonds is 5. The molecule has 5 heteroatoms. The second-order valence-corrected chi connectivity index (χ2v) is 5.52. The van der Waals surface area contributed by atoms with E-state index in [-0.39, 0.29) is 11.7 Å². The average molecular weight is 286 g/mol. The number of hydrogen-bond donors (Lipinski definition) is 1. The van der Waals surface area contributed by atoms with Crippen LogP contribution in [0.5, 0.6) is 0 Å². The third kappa shape index (κ3) is 3.68. The number of nitrogens with zero attached hydrogens (tertiary/aromatic N) is 3. The van der Waals surface area contributed by atoms with Crippen LogP contribution in [0.1, 0.15) is 54.3 Å². The maximum absolute atomic E-state index is 12.2. The van der Waals surface area contributed by atoms with Crippen molar-refractivity contribution in [3.63, 3.8) is 0 Å². The summed E-state index contributed by atoms with van der Waals surface area (Å²) in [7, 11) is 1.76. The maximum atomic E-state index is 12.2. The van der Waals surface area contributed by atoms with Gasteiger partial charge in [-0.2, -0.15) is 0 Å². The minimum atomic E-state index is -0.168. The monoisotopic (exact) mass is 286 g/mol. The number of amides is 1. The second kappa shape index (κ2) is 6.52. The van der Waals surface area contributed by atoms with Crippen LogP contribution in [0.4, 0.5) is 0 Å². The highest BCUT2D eigenvalue weighted by molar-refractivity contribution is 5.90. The van der Waals surface area contributed by atoms with E-state index >= 15 is 0 Å². The minimum Gasteiger partial charge on any atom is -0.335 e. The van der Waals surface area contributed by atoms with E-state index in [1.54, 1.807) is 11.9 Å². The molecular formula is C16H22N4O. The lowest BCUT2D eigenvalue weighted by Crippen LogP contribution is -2.27. The molecule has 2 aromatic rings. The summed E-state index contributed by atoms with van der Waals surface area (Å²) in [6.07, 6.45) is 0.737. The van der Waals surface area contributed by atoms with E-state index < -0.39 is 0 Å². The molecule has 0 spiro atoms. The molecule has 0 aliphatic heterocycles. The Morgan fingerprint density at radius 2 is 1.95 bits per heavy atom. The van der Waals surface area contributed by atoms with Gasteiger partial charge in [-0.25, -0.2) is 4.98 Å². The summed E-state index contributed by atoms with van der Waals surface area (Å²) in [4.78, 5) is 18.0. The molecule has 112 valence electrons. The SMILES string of the molecule is CCc1nc(C(=O)N(C)Cc2ccc(C(C)C)cc2)n[nH]1. The van der Waals surface area contributed by atoms with Crippen LogP contribution in [-0.2, 0) is 13.0 Å². The van der Waals surface area contributed by atoms with Crippen molar-refractivity contribution in [3.05, 3.63) is 47.0 Å². The van der Waals surface area contributed by atoms with E-state index in [0.717, 1.165) is 17.8 Å². The molecule has 1 N–H and O–H groups in total. The molecule has 1 amide bonds. The molecule has 21 heavy (non-hydrogen) atoms. The predicted octanol–water partition coefficient (Wildman–Crippen LogP) is 2.76. The molecule has 5 nitrogen and oxygen atoms in total. The van der Waals surface area contributed by atoms with Crippen molar-refractivity contribution in [2.45, 2.75) is 39.7 Å². The van der Waals surface area contributed by atoms with Gasteiger partial charge in [0, 0.05) is 20.0 Å². The van der Waals surface area contributed by atoms with Crippen LogP contribution < -0.4 is 0 Å². The van der Waals surface area contributed by atoms with Gasteiger partial charge in [0.1, 0.15) is 5.82 Å². The molecule has 1 heterocycles. The lowest BCUT2D eigenvalue weighted by atomic mass is 10.0. The highest BCUT2D eigenvalue weighted by atomic mass is 16.2. The highest BCUT2D eigenvalue weighted by Crippen LogP contribution is 2.15. The molecule has 0 bridgehead atoms. The molecule has 1 aromatic carbocycles. The molecule has 0 unspecified atom stereocenters. The first-order chi connectivity index (χ1) is 10.0. The molecule has 2 rings (SSSR count). The summed E-state index contributed by atoms with van der Waals surface area (Å²) in [6.45, 7) is 6.85. The Bertz CT molecular complexity index is 601. The fourth-order valence-corrected chi connectivity index (χ4v) is 2.07. The van der Waals surface area contributed by atoms with Crippen LogP contribution >= 0.6 is 0 Å². The van der Waals surface area contributed by atoms with E-state index in [9.17, 15) is 4.79 Å². The Labute approximate surface area is 125 Å². The summed E-state index contributed by atoms with van der Waals surface area (Å²) in [6, 6.07) is 8.35. The Morgan fingerprint density at radius 3 is 2.48 bits per heavy atom. The number of hydrogen-bond acceptors (Lipinski definition) is 3. The molecule has 1 aromatic heterocycles. The van der Waals surface area contributed by atoms with Gasteiger partial charge in [0.25, 0.3) is 5.91 Å². The molecule has 0 aliphatic carbocycles. The quantitative estimate of drug-likeness (QED) is 0.919. The van der Waals surface area contributed by atoms with Gasteiger partial charge in [0.05, 0.1) is 0 Å². The molecule has 0 radical (unpaired) electrons. The lowest BCUT2D eigenvalue weighted by Gasteiger charge is -2.16. The first-order valence-corrected chi connectivity index (χ1v) is 7.26. The summed E-state index contributed by atoms with van der Waals surface area (Å²) in [5.41, 5.74) is 2.40. The van der Waals surface area contributed by atoms with Crippen LogP contribution in [0, 0.1) is 0 Å². The normalized spacial score (nSPS) is 10.9. The van der Waals surface area contributed by atoms with Gasteiger partial charge < -0.3 is 4.90 Å². The summed E-state index contributed by atoms with van der Waals surface area (Å²) in [5, 5.41) is 6.73. The van der Waals surface area contributed by atoms with Gasteiger partial charge in [-0.3, -0.25) is 9.89 Å². The van der Waals surface area contributed by atoms with Crippen molar-refractivity contribution in [1.82, 2.24) is 20.1 Å². The zero-order chi connectivity index (χ0) is 15.4. The fourth-order valence-electron chi connectivity index (χ4n) is 2.07. The number of aromatic nitrogens is 3. The van der Waals surface area contributed by atoms with Gasteiger partial charge in [-0.15, -0.1) is 5.10 Å². The van der Waals surface area contributed by atoms with E-state index in [4.69, 9.17) is 0 Å².